The van der Waals surface area contributed by atoms with Crippen molar-refractivity contribution in [2.75, 3.05) is 20.1 Å². The van der Waals surface area contributed by atoms with E-state index in [1.165, 1.54) is 0 Å². The van der Waals surface area contributed by atoms with E-state index in [9.17, 15) is 9.59 Å². The van der Waals surface area contributed by atoms with Crippen LogP contribution in [0, 0.1) is 0 Å². The van der Waals surface area contributed by atoms with Gasteiger partial charge in [-0.05, 0) is 25.8 Å². The van der Waals surface area contributed by atoms with E-state index in [4.69, 9.17) is 0 Å². The fourth-order valence-electron chi connectivity index (χ4n) is 1.21. The summed E-state index contributed by atoms with van der Waals surface area (Å²) in [5.41, 5.74) is 0. The van der Waals surface area contributed by atoms with Crippen LogP contribution >= 0.6 is 0 Å². The smallest absolute Gasteiger partial charge is 0.234 e. The molecule has 0 bridgehead atoms. The van der Waals surface area contributed by atoms with E-state index in [0.29, 0.717) is 25.6 Å². The highest BCUT2D eigenvalue weighted by molar-refractivity contribution is 5.78. The summed E-state index contributed by atoms with van der Waals surface area (Å²) in [5.74, 6) is 0.0941. The summed E-state index contributed by atoms with van der Waals surface area (Å²) in [7, 11) is 1.62. The van der Waals surface area contributed by atoms with Crippen LogP contribution in [0.5, 0.6) is 0 Å². The molecule has 5 heteroatoms. The SMILES string of the molecule is CNC(=O)CCCNCC(=O)NC1CC1. The summed E-state index contributed by atoms with van der Waals surface area (Å²) in [5, 5.41) is 8.44. The quantitative estimate of drug-likeness (QED) is 0.494. The number of amides is 2. The highest BCUT2D eigenvalue weighted by Gasteiger charge is 2.22. The van der Waals surface area contributed by atoms with Gasteiger partial charge in [-0.25, -0.2) is 0 Å². The van der Waals surface area contributed by atoms with Crippen LogP contribution in [0.15, 0.2) is 0 Å². The molecule has 5 nitrogen and oxygen atoms in total. The summed E-state index contributed by atoms with van der Waals surface area (Å²) in [6, 6.07) is 0.421. The van der Waals surface area contributed by atoms with Gasteiger partial charge in [0.15, 0.2) is 0 Å². The molecule has 1 rings (SSSR count). The third-order valence-electron chi connectivity index (χ3n) is 2.26. The molecule has 0 spiro atoms. The molecule has 0 radical (unpaired) electrons. The highest BCUT2D eigenvalue weighted by atomic mass is 16.2. The Kier molecular flexibility index (Phi) is 5.10. The Balaban J connectivity index is 1.87. The first-order valence-corrected chi connectivity index (χ1v) is 5.43. The molecule has 1 aliphatic carbocycles. The van der Waals surface area contributed by atoms with Crippen molar-refractivity contribution in [3.05, 3.63) is 0 Å². The van der Waals surface area contributed by atoms with Crippen LogP contribution in [0.1, 0.15) is 25.7 Å². The second kappa shape index (κ2) is 6.40. The lowest BCUT2D eigenvalue weighted by Crippen LogP contribution is -2.35. The molecule has 2 amide bonds. The van der Waals surface area contributed by atoms with Gasteiger partial charge in [0, 0.05) is 19.5 Å². The lowest BCUT2D eigenvalue weighted by atomic mass is 10.3. The topological polar surface area (TPSA) is 70.2 Å². The van der Waals surface area contributed by atoms with Crippen molar-refractivity contribution in [3.8, 4) is 0 Å². The first-order chi connectivity index (χ1) is 7.22. The van der Waals surface area contributed by atoms with Gasteiger partial charge in [-0.2, -0.15) is 0 Å². The lowest BCUT2D eigenvalue weighted by molar-refractivity contribution is -0.120. The van der Waals surface area contributed by atoms with E-state index in [2.05, 4.69) is 16.0 Å². The van der Waals surface area contributed by atoms with E-state index in [-0.39, 0.29) is 11.8 Å². The number of hydrogen-bond acceptors (Lipinski definition) is 3. The summed E-state index contributed by atoms with van der Waals surface area (Å²) in [6.07, 6.45) is 3.49. The normalized spacial score (nSPS) is 14.7. The zero-order valence-corrected chi connectivity index (χ0v) is 9.14. The molecule has 15 heavy (non-hydrogen) atoms. The molecule has 0 heterocycles. The fourth-order valence-corrected chi connectivity index (χ4v) is 1.21. The molecule has 0 aliphatic heterocycles. The van der Waals surface area contributed by atoms with Crippen molar-refractivity contribution in [2.24, 2.45) is 0 Å². The Morgan fingerprint density at radius 2 is 2.00 bits per heavy atom. The van der Waals surface area contributed by atoms with Crippen molar-refractivity contribution in [1.82, 2.24) is 16.0 Å². The summed E-state index contributed by atoms with van der Waals surface area (Å²) in [6.45, 7) is 1.05. The Bertz CT molecular complexity index is 227. The zero-order valence-electron chi connectivity index (χ0n) is 9.14. The van der Waals surface area contributed by atoms with Gasteiger partial charge in [-0.1, -0.05) is 0 Å². The molecule has 0 saturated heterocycles. The second-order valence-electron chi connectivity index (χ2n) is 3.80. The highest BCUT2D eigenvalue weighted by Crippen LogP contribution is 2.18. The van der Waals surface area contributed by atoms with Gasteiger partial charge < -0.3 is 16.0 Å². The van der Waals surface area contributed by atoms with Crippen molar-refractivity contribution < 1.29 is 9.59 Å². The minimum absolute atomic E-state index is 0.0410. The van der Waals surface area contributed by atoms with Gasteiger partial charge in [0.25, 0.3) is 0 Å². The second-order valence-corrected chi connectivity index (χ2v) is 3.80. The van der Waals surface area contributed by atoms with Crippen LogP contribution in [0.3, 0.4) is 0 Å². The van der Waals surface area contributed by atoms with E-state index >= 15 is 0 Å². The maximum absolute atomic E-state index is 11.2. The summed E-state index contributed by atoms with van der Waals surface area (Å²) in [4.78, 5) is 22.0. The molecular formula is C10H19N3O2. The Morgan fingerprint density at radius 1 is 1.27 bits per heavy atom. The third-order valence-corrected chi connectivity index (χ3v) is 2.26. The molecule has 0 unspecified atom stereocenters. The molecule has 3 N–H and O–H groups in total. The third kappa shape index (κ3) is 6.06. The van der Waals surface area contributed by atoms with Gasteiger partial charge >= 0.3 is 0 Å². The predicted molar refractivity (Wildman–Crippen MR) is 57.3 cm³/mol. The van der Waals surface area contributed by atoms with Crippen molar-refractivity contribution >= 4 is 11.8 Å². The number of rotatable bonds is 7. The van der Waals surface area contributed by atoms with Crippen LogP contribution in [0.25, 0.3) is 0 Å². The first-order valence-electron chi connectivity index (χ1n) is 5.43. The van der Waals surface area contributed by atoms with Crippen molar-refractivity contribution in [3.63, 3.8) is 0 Å². The van der Waals surface area contributed by atoms with Gasteiger partial charge in [0.1, 0.15) is 0 Å². The van der Waals surface area contributed by atoms with Crippen LogP contribution in [-0.4, -0.2) is 38.0 Å². The zero-order chi connectivity index (χ0) is 11.1. The van der Waals surface area contributed by atoms with E-state index in [0.717, 1.165) is 19.3 Å². The molecule has 0 atom stereocenters. The molecule has 1 aliphatic rings. The molecule has 1 fully saturated rings. The molecule has 86 valence electrons. The Labute approximate surface area is 90.0 Å². The van der Waals surface area contributed by atoms with Crippen molar-refractivity contribution in [2.45, 2.75) is 31.7 Å². The first kappa shape index (κ1) is 12.0. The monoisotopic (exact) mass is 213 g/mol. The van der Waals surface area contributed by atoms with Gasteiger partial charge in [-0.15, -0.1) is 0 Å². The molecule has 1 saturated carbocycles. The van der Waals surface area contributed by atoms with Gasteiger partial charge in [0.05, 0.1) is 6.54 Å². The minimum atomic E-state index is 0.0410. The van der Waals surface area contributed by atoms with Crippen molar-refractivity contribution in [1.29, 1.82) is 0 Å². The van der Waals surface area contributed by atoms with E-state index in [1.807, 2.05) is 0 Å². The van der Waals surface area contributed by atoms with E-state index < -0.39 is 0 Å². The Morgan fingerprint density at radius 3 is 2.60 bits per heavy atom. The number of carbonyl (C=O) groups excluding carboxylic acids is 2. The fraction of sp³-hybridized carbons (Fsp3) is 0.800. The maximum Gasteiger partial charge on any atom is 0.234 e. The van der Waals surface area contributed by atoms with E-state index in [1.54, 1.807) is 7.05 Å². The average Bonchev–Trinajstić information content (AvgIpc) is 3.00. The molecular weight excluding hydrogens is 194 g/mol. The largest absolute Gasteiger partial charge is 0.359 e. The number of carbonyl (C=O) groups is 2. The molecule has 0 aromatic rings. The number of hydrogen-bond donors (Lipinski definition) is 3. The summed E-state index contributed by atoms with van der Waals surface area (Å²) >= 11 is 0. The van der Waals surface area contributed by atoms with Crippen LogP contribution in [0.4, 0.5) is 0 Å². The summed E-state index contributed by atoms with van der Waals surface area (Å²) < 4.78 is 0. The number of nitrogens with one attached hydrogen (secondary N) is 3. The van der Waals surface area contributed by atoms with Crippen LogP contribution in [-0.2, 0) is 9.59 Å². The molecule has 0 aromatic heterocycles. The minimum Gasteiger partial charge on any atom is -0.359 e. The predicted octanol–water partition coefficient (Wildman–Crippen LogP) is -0.619. The Hall–Kier alpha value is -1.10. The standard InChI is InChI=1S/C10H19N3O2/c1-11-9(14)3-2-6-12-7-10(15)13-8-4-5-8/h8,12H,2-7H2,1H3,(H,11,14)(H,13,15). The average molecular weight is 213 g/mol. The van der Waals surface area contributed by atoms with Crippen LogP contribution in [0.2, 0.25) is 0 Å². The van der Waals surface area contributed by atoms with Gasteiger partial charge in [0.2, 0.25) is 11.8 Å². The lowest BCUT2D eigenvalue weighted by Gasteiger charge is -2.05. The van der Waals surface area contributed by atoms with Gasteiger partial charge in [-0.3, -0.25) is 9.59 Å². The molecule has 0 aromatic carbocycles. The van der Waals surface area contributed by atoms with Crippen LogP contribution < -0.4 is 16.0 Å². The maximum atomic E-state index is 11.2.